The first-order valence-electron chi connectivity index (χ1n) is 9.99. The first kappa shape index (κ1) is 21.7. The summed E-state index contributed by atoms with van der Waals surface area (Å²) in [5.41, 5.74) is 5.19. The lowest BCUT2D eigenvalue weighted by molar-refractivity contribution is 0.328. The maximum absolute atomic E-state index is 8.32. The largest absolute Gasteiger partial charge is 0.477 e. The second-order valence-corrected chi connectivity index (χ2v) is 8.17. The van der Waals surface area contributed by atoms with Crippen LogP contribution in [0.15, 0.2) is 29.8 Å². The Morgan fingerprint density at radius 3 is 2.73 bits per heavy atom. The van der Waals surface area contributed by atoms with Gasteiger partial charge in [0.25, 0.3) is 0 Å². The Morgan fingerprint density at radius 2 is 2.10 bits per heavy atom. The molecule has 0 radical (unpaired) electrons. The lowest BCUT2D eigenvalue weighted by Crippen LogP contribution is -2.17. The summed E-state index contributed by atoms with van der Waals surface area (Å²) in [6.45, 7) is 10.9. The first-order valence-corrected chi connectivity index (χ1v) is 10.9. The van der Waals surface area contributed by atoms with Crippen LogP contribution >= 0.6 is 11.3 Å². The van der Waals surface area contributed by atoms with E-state index in [0.717, 1.165) is 27.6 Å². The molecule has 3 aromatic rings. The van der Waals surface area contributed by atoms with Crippen LogP contribution in [0, 0.1) is 12.3 Å². The molecule has 0 aromatic carbocycles. The van der Waals surface area contributed by atoms with Crippen LogP contribution in [0.3, 0.4) is 0 Å². The van der Waals surface area contributed by atoms with Gasteiger partial charge in [0.2, 0.25) is 5.88 Å². The Kier molecular flexibility index (Phi) is 6.99. The van der Waals surface area contributed by atoms with Gasteiger partial charge in [-0.2, -0.15) is 0 Å². The van der Waals surface area contributed by atoms with E-state index < -0.39 is 0 Å². The molecule has 0 aliphatic heterocycles. The summed E-state index contributed by atoms with van der Waals surface area (Å²) in [7, 11) is 0. The van der Waals surface area contributed by atoms with Crippen molar-refractivity contribution in [2.75, 3.05) is 17.2 Å². The van der Waals surface area contributed by atoms with Crippen LogP contribution in [-0.2, 0) is 6.54 Å². The molecule has 0 bridgehead atoms. The number of nitrogens with zero attached hydrogens (tertiary/aromatic N) is 3. The molecule has 7 nitrogen and oxygen atoms in total. The quantitative estimate of drug-likeness (QED) is 0.412. The van der Waals surface area contributed by atoms with Gasteiger partial charge in [0.15, 0.2) is 0 Å². The zero-order chi connectivity index (χ0) is 21.7. The predicted octanol–water partition coefficient (Wildman–Crippen LogP) is 5.13. The smallest absolute Gasteiger partial charge is 0.222 e. The highest BCUT2D eigenvalue weighted by Gasteiger charge is 2.18. The van der Waals surface area contributed by atoms with Crippen LogP contribution in [0.5, 0.6) is 5.88 Å². The van der Waals surface area contributed by atoms with Crippen molar-refractivity contribution in [3.8, 4) is 17.1 Å². The summed E-state index contributed by atoms with van der Waals surface area (Å²) in [4.78, 5) is 13.7. The molecule has 0 fully saturated rings. The molecule has 3 heterocycles. The predicted molar refractivity (Wildman–Crippen MR) is 124 cm³/mol. The highest BCUT2D eigenvalue weighted by atomic mass is 32.1. The van der Waals surface area contributed by atoms with Crippen LogP contribution in [0.4, 0.5) is 11.4 Å². The fourth-order valence-electron chi connectivity index (χ4n) is 3.02. The van der Waals surface area contributed by atoms with E-state index >= 15 is 0 Å². The van der Waals surface area contributed by atoms with Crippen molar-refractivity contribution in [1.82, 2.24) is 15.0 Å². The van der Waals surface area contributed by atoms with Crippen LogP contribution < -0.4 is 15.4 Å². The Hall–Kier alpha value is -3.00. The lowest BCUT2D eigenvalue weighted by Gasteiger charge is -2.20. The molecule has 0 atom stereocenters. The topological polar surface area (TPSA) is 95.8 Å². The number of hydrogen-bond acceptors (Lipinski definition) is 8. The number of aryl methyl sites for hydroxylation is 1. The van der Waals surface area contributed by atoms with E-state index in [1.807, 2.05) is 37.4 Å². The zero-order valence-electron chi connectivity index (χ0n) is 18.0. The standard InChI is InChI=1S/C22H28N6OS/c1-6-29-22-16(8-7-9-24-22)17-10-18(25-11-19-27-14(4)12-30-19)21(26-13(2)3)20(28-17)15(5)23/h7-10,12-13,23,26H,6,11H2,1-5H3,(H,25,28). The third kappa shape index (κ3) is 5.13. The van der Waals surface area contributed by atoms with E-state index in [1.165, 1.54) is 0 Å². The third-order valence-electron chi connectivity index (χ3n) is 4.23. The molecule has 0 saturated carbocycles. The molecule has 0 aliphatic carbocycles. The van der Waals surface area contributed by atoms with E-state index in [1.54, 1.807) is 24.5 Å². The van der Waals surface area contributed by atoms with Crippen LogP contribution in [-0.4, -0.2) is 33.3 Å². The Bertz CT molecular complexity index is 1030. The van der Waals surface area contributed by atoms with Gasteiger partial charge in [-0.3, -0.25) is 0 Å². The van der Waals surface area contributed by atoms with Crippen molar-refractivity contribution >= 4 is 28.4 Å². The highest BCUT2D eigenvalue weighted by Crippen LogP contribution is 2.34. The van der Waals surface area contributed by atoms with E-state index in [-0.39, 0.29) is 6.04 Å². The average Bonchev–Trinajstić information content (AvgIpc) is 3.12. The molecule has 3 aromatic heterocycles. The summed E-state index contributed by atoms with van der Waals surface area (Å²) < 4.78 is 5.71. The van der Waals surface area contributed by atoms with Crippen molar-refractivity contribution in [1.29, 1.82) is 5.41 Å². The van der Waals surface area contributed by atoms with Gasteiger partial charge in [0, 0.05) is 23.3 Å². The highest BCUT2D eigenvalue weighted by molar-refractivity contribution is 7.09. The summed E-state index contributed by atoms with van der Waals surface area (Å²) >= 11 is 1.63. The van der Waals surface area contributed by atoms with Gasteiger partial charge in [0.05, 0.1) is 41.5 Å². The van der Waals surface area contributed by atoms with Gasteiger partial charge in [0.1, 0.15) is 10.7 Å². The normalized spacial score (nSPS) is 10.9. The van der Waals surface area contributed by atoms with Gasteiger partial charge in [-0.25, -0.2) is 15.0 Å². The molecule has 0 spiro atoms. The molecular formula is C22H28N6OS. The van der Waals surface area contributed by atoms with Crippen molar-refractivity contribution in [2.45, 2.75) is 47.2 Å². The van der Waals surface area contributed by atoms with Crippen molar-refractivity contribution in [2.24, 2.45) is 0 Å². The summed E-state index contributed by atoms with van der Waals surface area (Å²) in [6.07, 6.45) is 1.70. The molecule has 0 saturated heterocycles. The Labute approximate surface area is 181 Å². The van der Waals surface area contributed by atoms with Crippen LogP contribution in [0.25, 0.3) is 11.3 Å². The van der Waals surface area contributed by atoms with Crippen LogP contribution in [0.1, 0.15) is 44.1 Å². The molecule has 0 amide bonds. The van der Waals surface area contributed by atoms with E-state index in [0.29, 0.717) is 36.1 Å². The molecule has 30 heavy (non-hydrogen) atoms. The Morgan fingerprint density at radius 1 is 1.30 bits per heavy atom. The monoisotopic (exact) mass is 424 g/mol. The lowest BCUT2D eigenvalue weighted by atomic mass is 10.1. The molecule has 0 unspecified atom stereocenters. The van der Waals surface area contributed by atoms with Gasteiger partial charge >= 0.3 is 0 Å². The van der Waals surface area contributed by atoms with E-state index in [2.05, 4.69) is 34.4 Å². The van der Waals surface area contributed by atoms with Gasteiger partial charge in [-0.15, -0.1) is 11.3 Å². The minimum Gasteiger partial charge on any atom is -0.477 e. The minimum atomic E-state index is 0.191. The van der Waals surface area contributed by atoms with E-state index in [9.17, 15) is 0 Å². The number of aromatic nitrogens is 3. The fraction of sp³-hybridized carbons (Fsp3) is 0.364. The van der Waals surface area contributed by atoms with Crippen LogP contribution in [0.2, 0.25) is 0 Å². The second kappa shape index (κ2) is 9.67. The fourth-order valence-corrected chi connectivity index (χ4v) is 3.73. The maximum Gasteiger partial charge on any atom is 0.222 e. The van der Waals surface area contributed by atoms with Crippen molar-refractivity contribution in [3.63, 3.8) is 0 Å². The minimum absolute atomic E-state index is 0.191. The summed E-state index contributed by atoms with van der Waals surface area (Å²) in [5.74, 6) is 0.534. The number of hydrogen-bond donors (Lipinski definition) is 3. The van der Waals surface area contributed by atoms with Gasteiger partial charge in [-0.05, 0) is 52.8 Å². The molecule has 0 aliphatic rings. The maximum atomic E-state index is 8.32. The number of ether oxygens (including phenoxy) is 1. The third-order valence-corrected chi connectivity index (χ3v) is 5.20. The van der Waals surface area contributed by atoms with Gasteiger partial charge < -0.3 is 20.8 Å². The van der Waals surface area contributed by atoms with E-state index in [4.69, 9.17) is 15.1 Å². The SMILES string of the molecule is CCOc1ncccc1-c1cc(NCc2nc(C)cs2)c(NC(C)C)c(C(C)=N)n1. The zero-order valence-corrected chi connectivity index (χ0v) is 18.9. The number of nitrogens with one attached hydrogen (secondary N) is 3. The molecule has 8 heteroatoms. The summed E-state index contributed by atoms with van der Waals surface area (Å²) in [5, 5.41) is 18.3. The number of thiazole rings is 1. The number of anilines is 2. The van der Waals surface area contributed by atoms with Gasteiger partial charge in [-0.1, -0.05) is 0 Å². The van der Waals surface area contributed by atoms with Crippen molar-refractivity contribution < 1.29 is 4.74 Å². The molecule has 158 valence electrons. The Balaban J connectivity index is 2.10. The number of pyridine rings is 2. The first-order chi connectivity index (χ1) is 14.4. The second-order valence-electron chi connectivity index (χ2n) is 7.23. The summed E-state index contributed by atoms with van der Waals surface area (Å²) in [6, 6.07) is 5.97. The molecule has 3 rings (SSSR count). The average molecular weight is 425 g/mol. The molecular weight excluding hydrogens is 396 g/mol. The number of rotatable bonds is 9. The van der Waals surface area contributed by atoms with Crippen molar-refractivity contribution in [3.05, 3.63) is 46.2 Å². The molecule has 3 N–H and O–H groups in total.